The highest BCUT2D eigenvalue weighted by Gasteiger charge is 2.20. The standard InChI is InChI=1S/C21H23F2N3O4/c1-11(2)8-12(25-21(28)29)10-30-13-4-5-14-15-6-7-24-18(19(22)23)17(15)20(27)26(3)16(14)9-13/h4-7,9,11-12,19,25H,8,10H2,1-3H3,(H,28,29). The molecule has 0 radical (unpaired) electrons. The largest absolute Gasteiger partial charge is 0.491 e. The molecule has 0 aliphatic heterocycles. The molecule has 3 aromatic rings. The fraction of sp³-hybridized carbons (Fsp3) is 0.381. The molecule has 1 atom stereocenters. The van der Waals surface area contributed by atoms with Crippen molar-refractivity contribution in [1.82, 2.24) is 14.9 Å². The number of alkyl halides is 2. The van der Waals surface area contributed by atoms with Crippen LogP contribution in [0.15, 0.2) is 35.3 Å². The Morgan fingerprint density at radius 3 is 2.63 bits per heavy atom. The van der Waals surface area contributed by atoms with Crippen LogP contribution in [0, 0.1) is 5.92 Å². The summed E-state index contributed by atoms with van der Waals surface area (Å²) >= 11 is 0. The molecule has 2 aromatic heterocycles. The maximum atomic E-state index is 13.4. The highest BCUT2D eigenvalue weighted by Crippen LogP contribution is 2.30. The molecule has 0 saturated heterocycles. The van der Waals surface area contributed by atoms with Gasteiger partial charge in [0.15, 0.2) is 0 Å². The predicted octanol–water partition coefficient (Wildman–Crippen LogP) is 4.09. The highest BCUT2D eigenvalue weighted by atomic mass is 19.3. The molecule has 3 rings (SSSR count). The number of benzene rings is 1. The van der Waals surface area contributed by atoms with Crippen LogP contribution < -0.4 is 15.6 Å². The van der Waals surface area contributed by atoms with Gasteiger partial charge in [-0.1, -0.05) is 13.8 Å². The number of carbonyl (C=O) groups is 1. The highest BCUT2D eigenvalue weighted by molar-refractivity contribution is 6.06. The summed E-state index contributed by atoms with van der Waals surface area (Å²) in [5.74, 6) is 0.716. The van der Waals surface area contributed by atoms with Gasteiger partial charge in [-0.05, 0) is 30.5 Å². The number of hydrogen-bond donors (Lipinski definition) is 2. The Bertz CT molecular complexity index is 1140. The first kappa shape index (κ1) is 21.5. The molecule has 0 saturated carbocycles. The fourth-order valence-corrected chi connectivity index (χ4v) is 3.59. The predicted molar refractivity (Wildman–Crippen MR) is 109 cm³/mol. The van der Waals surface area contributed by atoms with E-state index in [1.807, 2.05) is 13.8 Å². The molecular formula is C21H23F2N3O4. The maximum Gasteiger partial charge on any atom is 0.404 e. The maximum absolute atomic E-state index is 13.4. The number of fused-ring (bicyclic) bond motifs is 3. The molecule has 7 nitrogen and oxygen atoms in total. The van der Waals surface area contributed by atoms with Gasteiger partial charge >= 0.3 is 6.09 Å². The number of aromatic nitrogens is 2. The number of hydrogen-bond acceptors (Lipinski definition) is 4. The van der Waals surface area contributed by atoms with Gasteiger partial charge in [-0.15, -0.1) is 0 Å². The number of ether oxygens (including phenoxy) is 1. The average Bonchev–Trinajstić information content (AvgIpc) is 2.68. The fourth-order valence-electron chi connectivity index (χ4n) is 3.59. The van der Waals surface area contributed by atoms with Crippen molar-refractivity contribution in [2.45, 2.75) is 32.7 Å². The second-order valence-corrected chi connectivity index (χ2v) is 7.55. The lowest BCUT2D eigenvalue weighted by atomic mass is 10.0. The van der Waals surface area contributed by atoms with Crippen LogP contribution in [0.2, 0.25) is 0 Å². The monoisotopic (exact) mass is 419 g/mol. The van der Waals surface area contributed by atoms with Crippen molar-refractivity contribution in [3.05, 3.63) is 46.5 Å². The summed E-state index contributed by atoms with van der Waals surface area (Å²) in [5, 5.41) is 12.4. The first-order valence-corrected chi connectivity index (χ1v) is 9.50. The quantitative estimate of drug-likeness (QED) is 0.563. The number of pyridine rings is 2. The van der Waals surface area contributed by atoms with E-state index in [9.17, 15) is 18.4 Å². The molecule has 1 amide bonds. The molecule has 1 aromatic carbocycles. The average molecular weight is 419 g/mol. The van der Waals surface area contributed by atoms with E-state index in [4.69, 9.17) is 9.84 Å². The molecule has 0 bridgehead atoms. The number of carboxylic acid groups (broad SMARTS) is 1. The van der Waals surface area contributed by atoms with E-state index in [-0.39, 0.29) is 17.9 Å². The van der Waals surface area contributed by atoms with Gasteiger partial charge in [0.2, 0.25) is 0 Å². The summed E-state index contributed by atoms with van der Waals surface area (Å²) in [5.41, 5.74) is -0.585. The number of aryl methyl sites for hydroxylation is 1. The lowest BCUT2D eigenvalue weighted by Gasteiger charge is -2.20. The van der Waals surface area contributed by atoms with Crippen LogP contribution in [0.1, 0.15) is 32.4 Å². The molecule has 30 heavy (non-hydrogen) atoms. The summed E-state index contributed by atoms with van der Waals surface area (Å²) in [6, 6.07) is 6.16. The summed E-state index contributed by atoms with van der Waals surface area (Å²) in [6.45, 7) is 4.09. The molecule has 0 aliphatic carbocycles. The molecule has 1 unspecified atom stereocenters. The zero-order valence-corrected chi connectivity index (χ0v) is 16.9. The Labute approximate surface area is 171 Å². The lowest BCUT2D eigenvalue weighted by molar-refractivity contribution is 0.148. The third-order valence-corrected chi connectivity index (χ3v) is 4.86. The van der Waals surface area contributed by atoms with Gasteiger partial charge in [-0.2, -0.15) is 0 Å². The van der Waals surface area contributed by atoms with Crippen LogP contribution in [0.4, 0.5) is 13.6 Å². The van der Waals surface area contributed by atoms with Crippen LogP contribution in [0.5, 0.6) is 5.75 Å². The molecular weight excluding hydrogens is 396 g/mol. The van der Waals surface area contributed by atoms with Crippen LogP contribution in [-0.4, -0.2) is 33.4 Å². The third-order valence-electron chi connectivity index (χ3n) is 4.86. The number of rotatable bonds is 7. The summed E-state index contributed by atoms with van der Waals surface area (Å²) in [4.78, 5) is 27.4. The molecule has 0 aliphatic rings. The van der Waals surface area contributed by atoms with Gasteiger partial charge in [0.05, 0.1) is 16.9 Å². The van der Waals surface area contributed by atoms with Crippen molar-refractivity contribution in [3.8, 4) is 5.75 Å². The Morgan fingerprint density at radius 1 is 1.27 bits per heavy atom. The first-order chi connectivity index (χ1) is 14.2. The van der Waals surface area contributed by atoms with E-state index in [0.717, 1.165) is 0 Å². The second-order valence-electron chi connectivity index (χ2n) is 7.55. The minimum Gasteiger partial charge on any atom is -0.491 e. The Hall–Kier alpha value is -3.23. The summed E-state index contributed by atoms with van der Waals surface area (Å²) in [6.07, 6.45) is -2.12. The van der Waals surface area contributed by atoms with Crippen molar-refractivity contribution in [2.24, 2.45) is 13.0 Å². The van der Waals surface area contributed by atoms with Gasteiger partial charge in [-0.3, -0.25) is 9.78 Å². The van der Waals surface area contributed by atoms with Crippen molar-refractivity contribution < 1.29 is 23.4 Å². The van der Waals surface area contributed by atoms with Gasteiger partial charge in [0, 0.05) is 30.1 Å². The molecule has 0 fully saturated rings. The molecule has 2 heterocycles. The Morgan fingerprint density at radius 2 is 2.00 bits per heavy atom. The van der Waals surface area contributed by atoms with Crippen molar-refractivity contribution >= 4 is 27.8 Å². The molecule has 160 valence electrons. The van der Waals surface area contributed by atoms with Crippen molar-refractivity contribution in [3.63, 3.8) is 0 Å². The number of nitrogens with zero attached hydrogens (tertiary/aromatic N) is 2. The summed E-state index contributed by atoms with van der Waals surface area (Å²) < 4.78 is 33.8. The SMILES string of the molecule is CC(C)CC(COc1ccc2c3ccnc(C(F)F)c3c(=O)n(C)c2c1)NC(=O)O. The topological polar surface area (TPSA) is 93.5 Å². The van der Waals surface area contributed by atoms with Crippen LogP contribution >= 0.6 is 0 Å². The van der Waals surface area contributed by atoms with Gasteiger partial charge in [0.25, 0.3) is 12.0 Å². The Kier molecular flexibility index (Phi) is 6.19. The molecule has 9 heteroatoms. The van der Waals surface area contributed by atoms with Gasteiger partial charge < -0.3 is 19.7 Å². The van der Waals surface area contributed by atoms with E-state index in [1.165, 1.54) is 17.8 Å². The van der Waals surface area contributed by atoms with Crippen molar-refractivity contribution in [1.29, 1.82) is 0 Å². The molecule has 2 N–H and O–H groups in total. The van der Waals surface area contributed by atoms with E-state index in [0.29, 0.717) is 28.5 Å². The number of halogens is 2. The van der Waals surface area contributed by atoms with Crippen LogP contribution in [0.3, 0.4) is 0 Å². The zero-order chi connectivity index (χ0) is 22.0. The zero-order valence-electron chi connectivity index (χ0n) is 16.9. The van der Waals surface area contributed by atoms with Gasteiger partial charge in [0.1, 0.15) is 18.1 Å². The van der Waals surface area contributed by atoms with E-state index >= 15 is 0 Å². The van der Waals surface area contributed by atoms with Crippen LogP contribution in [0.25, 0.3) is 21.7 Å². The normalized spacial score (nSPS) is 12.6. The minimum absolute atomic E-state index is 0.0983. The van der Waals surface area contributed by atoms with E-state index in [1.54, 1.807) is 24.3 Å². The summed E-state index contributed by atoms with van der Waals surface area (Å²) in [7, 11) is 1.50. The second kappa shape index (κ2) is 8.64. The molecule has 0 spiro atoms. The third kappa shape index (κ3) is 4.34. The number of nitrogens with one attached hydrogen (secondary N) is 1. The van der Waals surface area contributed by atoms with E-state index < -0.39 is 29.8 Å². The smallest absolute Gasteiger partial charge is 0.404 e. The minimum atomic E-state index is -2.86. The van der Waals surface area contributed by atoms with Crippen LogP contribution in [-0.2, 0) is 7.05 Å². The van der Waals surface area contributed by atoms with Gasteiger partial charge in [-0.25, -0.2) is 13.6 Å². The Balaban J connectivity index is 2.00. The lowest BCUT2D eigenvalue weighted by Crippen LogP contribution is -2.39. The first-order valence-electron chi connectivity index (χ1n) is 9.50. The van der Waals surface area contributed by atoms with Crippen molar-refractivity contribution in [2.75, 3.05) is 6.61 Å². The van der Waals surface area contributed by atoms with E-state index in [2.05, 4.69) is 10.3 Å². The number of amides is 1.